The van der Waals surface area contributed by atoms with Crippen LogP contribution in [0.5, 0.6) is 0 Å². The van der Waals surface area contributed by atoms with Crippen LogP contribution in [0.2, 0.25) is 0 Å². The second-order valence-corrected chi connectivity index (χ2v) is 6.60. The van der Waals surface area contributed by atoms with Crippen molar-refractivity contribution in [2.45, 2.75) is 58.3 Å². The number of hydrogen-bond acceptors (Lipinski definition) is 2. The first kappa shape index (κ1) is 14.4. The Labute approximate surface area is 115 Å². The molecule has 2 rings (SSSR count). The van der Waals surface area contributed by atoms with Gasteiger partial charge in [-0.25, -0.2) is 0 Å². The van der Waals surface area contributed by atoms with Crippen LogP contribution in [0.3, 0.4) is 0 Å². The highest BCUT2D eigenvalue weighted by Gasteiger charge is 2.39. The van der Waals surface area contributed by atoms with Crippen molar-refractivity contribution in [3.8, 4) is 0 Å². The topological polar surface area (TPSA) is 66.4 Å². The first-order valence-electron chi connectivity index (χ1n) is 7.50. The highest BCUT2D eigenvalue weighted by molar-refractivity contribution is 5.78. The van der Waals surface area contributed by atoms with Gasteiger partial charge in [0.05, 0.1) is 6.42 Å². The van der Waals surface area contributed by atoms with Crippen LogP contribution in [-0.4, -0.2) is 23.5 Å². The third kappa shape index (κ3) is 3.71. The van der Waals surface area contributed by atoms with E-state index in [4.69, 9.17) is 5.11 Å². The van der Waals surface area contributed by atoms with Crippen LogP contribution < -0.4 is 5.32 Å². The number of carboxylic acids is 1. The van der Waals surface area contributed by atoms with Crippen molar-refractivity contribution in [2.75, 3.05) is 6.54 Å². The fraction of sp³-hybridized carbons (Fsp3) is 0.867. The Morgan fingerprint density at radius 3 is 2.32 bits per heavy atom. The number of carboxylic acid groups (broad SMARTS) is 1. The molecule has 1 amide bonds. The van der Waals surface area contributed by atoms with Gasteiger partial charge in [-0.3, -0.25) is 9.59 Å². The maximum absolute atomic E-state index is 12.1. The van der Waals surface area contributed by atoms with E-state index in [1.165, 1.54) is 0 Å². The fourth-order valence-corrected chi connectivity index (χ4v) is 3.35. The molecule has 0 saturated heterocycles. The summed E-state index contributed by atoms with van der Waals surface area (Å²) in [4.78, 5) is 23.0. The smallest absolute Gasteiger partial charge is 0.303 e. The predicted octanol–water partition coefficient (Wildman–Crippen LogP) is 2.57. The van der Waals surface area contributed by atoms with Crippen molar-refractivity contribution in [1.29, 1.82) is 0 Å². The summed E-state index contributed by atoms with van der Waals surface area (Å²) in [5, 5.41) is 12.0. The zero-order valence-electron chi connectivity index (χ0n) is 11.8. The monoisotopic (exact) mass is 267 g/mol. The molecule has 0 heterocycles. The molecule has 0 spiro atoms. The predicted molar refractivity (Wildman–Crippen MR) is 72.7 cm³/mol. The molecule has 0 aliphatic heterocycles. The molecule has 108 valence electrons. The lowest BCUT2D eigenvalue weighted by molar-refractivity contribution is -0.142. The number of carbonyl (C=O) groups is 2. The van der Waals surface area contributed by atoms with Gasteiger partial charge in [0.15, 0.2) is 0 Å². The number of nitrogens with one attached hydrogen (secondary N) is 1. The van der Waals surface area contributed by atoms with Crippen molar-refractivity contribution in [2.24, 2.45) is 17.3 Å². The van der Waals surface area contributed by atoms with E-state index < -0.39 is 5.97 Å². The van der Waals surface area contributed by atoms with Gasteiger partial charge in [-0.2, -0.15) is 0 Å². The van der Waals surface area contributed by atoms with Crippen molar-refractivity contribution in [3.05, 3.63) is 0 Å². The third-order valence-corrected chi connectivity index (χ3v) is 4.96. The molecular weight excluding hydrogens is 242 g/mol. The van der Waals surface area contributed by atoms with Gasteiger partial charge in [-0.1, -0.05) is 13.3 Å². The number of aliphatic carboxylic acids is 1. The molecule has 0 unspecified atom stereocenters. The Kier molecular flexibility index (Phi) is 4.48. The summed E-state index contributed by atoms with van der Waals surface area (Å²) < 4.78 is 0. The van der Waals surface area contributed by atoms with Crippen LogP contribution in [0.25, 0.3) is 0 Å². The number of rotatable bonds is 5. The third-order valence-electron chi connectivity index (χ3n) is 4.96. The lowest BCUT2D eigenvalue weighted by Crippen LogP contribution is -2.45. The molecule has 0 atom stereocenters. The molecule has 4 heteroatoms. The van der Waals surface area contributed by atoms with Crippen LogP contribution >= 0.6 is 0 Å². The number of amides is 1. The first-order chi connectivity index (χ1) is 9.01. The average molecular weight is 267 g/mol. The zero-order valence-corrected chi connectivity index (χ0v) is 11.8. The lowest BCUT2D eigenvalue weighted by atomic mass is 9.66. The van der Waals surface area contributed by atoms with Crippen molar-refractivity contribution < 1.29 is 14.7 Å². The normalized spacial score (nSPS) is 29.3. The van der Waals surface area contributed by atoms with E-state index in [9.17, 15) is 9.59 Å². The van der Waals surface area contributed by atoms with E-state index in [0.29, 0.717) is 6.54 Å². The molecule has 2 N–H and O–H groups in total. The van der Waals surface area contributed by atoms with Crippen LogP contribution in [0, 0.1) is 17.3 Å². The van der Waals surface area contributed by atoms with Gasteiger partial charge in [-0.05, 0) is 49.9 Å². The summed E-state index contributed by atoms with van der Waals surface area (Å²) in [5.41, 5.74) is -0.163. The van der Waals surface area contributed by atoms with E-state index in [0.717, 1.165) is 50.9 Å². The van der Waals surface area contributed by atoms with Gasteiger partial charge in [0.25, 0.3) is 0 Å². The van der Waals surface area contributed by atoms with Crippen LogP contribution in [0.15, 0.2) is 0 Å². The van der Waals surface area contributed by atoms with Crippen LogP contribution in [-0.2, 0) is 9.59 Å². The highest BCUT2D eigenvalue weighted by atomic mass is 16.4. The molecule has 2 saturated carbocycles. The number of hydrogen-bond donors (Lipinski definition) is 2. The standard InChI is InChI=1S/C15H25NO3/c1-11-3-5-12(6-4-11)14(19)16-10-15(7-2-8-15)9-13(17)18/h11-12H,2-10H2,1H3,(H,16,19)(H,17,18). The van der Waals surface area contributed by atoms with Gasteiger partial charge in [0.1, 0.15) is 0 Å². The fourth-order valence-electron chi connectivity index (χ4n) is 3.35. The van der Waals surface area contributed by atoms with Crippen LogP contribution in [0.4, 0.5) is 0 Å². The Balaban J connectivity index is 1.77. The molecular formula is C15H25NO3. The quantitative estimate of drug-likeness (QED) is 0.804. The van der Waals surface area contributed by atoms with Crippen molar-refractivity contribution in [3.63, 3.8) is 0 Å². The summed E-state index contributed by atoms with van der Waals surface area (Å²) >= 11 is 0. The van der Waals surface area contributed by atoms with E-state index in [1.54, 1.807) is 0 Å². The SMILES string of the molecule is CC1CCC(C(=O)NCC2(CC(=O)O)CCC2)CC1. The molecule has 2 fully saturated rings. The summed E-state index contributed by atoms with van der Waals surface area (Å²) in [7, 11) is 0. The van der Waals surface area contributed by atoms with Gasteiger partial charge >= 0.3 is 5.97 Å². The van der Waals surface area contributed by atoms with E-state index >= 15 is 0 Å². The lowest BCUT2D eigenvalue weighted by Gasteiger charge is -2.41. The minimum atomic E-state index is -0.750. The van der Waals surface area contributed by atoms with Gasteiger partial charge in [0, 0.05) is 12.5 Å². The molecule has 0 aromatic rings. The Bertz CT molecular complexity index is 341. The largest absolute Gasteiger partial charge is 0.481 e. The first-order valence-corrected chi connectivity index (χ1v) is 7.50. The van der Waals surface area contributed by atoms with Gasteiger partial charge in [0.2, 0.25) is 5.91 Å². The summed E-state index contributed by atoms with van der Waals surface area (Å²) in [6, 6.07) is 0. The molecule has 0 aromatic carbocycles. The summed E-state index contributed by atoms with van der Waals surface area (Å²) in [6.45, 7) is 2.79. The van der Waals surface area contributed by atoms with Crippen molar-refractivity contribution in [1.82, 2.24) is 5.32 Å². The molecule has 0 bridgehead atoms. The maximum atomic E-state index is 12.1. The molecule has 19 heavy (non-hydrogen) atoms. The molecule has 2 aliphatic carbocycles. The van der Waals surface area contributed by atoms with Crippen LogP contribution in [0.1, 0.15) is 58.3 Å². The van der Waals surface area contributed by atoms with Gasteiger partial charge < -0.3 is 10.4 Å². The number of carbonyl (C=O) groups excluding carboxylic acids is 1. The Hall–Kier alpha value is -1.06. The van der Waals surface area contributed by atoms with E-state index in [2.05, 4.69) is 12.2 Å². The Morgan fingerprint density at radius 1 is 1.21 bits per heavy atom. The molecule has 0 radical (unpaired) electrons. The van der Waals surface area contributed by atoms with Gasteiger partial charge in [-0.15, -0.1) is 0 Å². The van der Waals surface area contributed by atoms with E-state index in [-0.39, 0.29) is 23.7 Å². The molecule has 2 aliphatic rings. The average Bonchev–Trinajstić information content (AvgIpc) is 2.32. The summed E-state index contributed by atoms with van der Waals surface area (Å²) in [5.74, 6) is 0.288. The minimum absolute atomic E-state index is 0.142. The second-order valence-electron chi connectivity index (χ2n) is 6.60. The Morgan fingerprint density at radius 2 is 1.84 bits per heavy atom. The second kappa shape index (κ2) is 5.93. The van der Waals surface area contributed by atoms with E-state index in [1.807, 2.05) is 0 Å². The highest BCUT2D eigenvalue weighted by Crippen LogP contribution is 2.43. The molecule has 0 aromatic heterocycles. The summed E-state index contributed by atoms with van der Waals surface area (Å²) in [6.07, 6.45) is 7.39. The zero-order chi connectivity index (χ0) is 13.9. The minimum Gasteiger partial charge on any atom is -0.481 e. The maximum Gasteiger partial charge on any atom is 0.303 e. The van der Waals surface area contributed by atoms with Crippen molar-refractivity contribution >= 4 is 11.9 Å². The molecule has 4 nitrogen and oxygen atoms in total.